The van der Waals surface area contributed by atoms with E-state index in [1.165, 1.54) is 12.1 Å². The van der Waals surface area contributed by atoms with E-state index in [2.05, 4.69) is 5.32 Å². The summed E-state index contributed by atoms with van der Waals surface area (Å²) in [4.78, 5) is 35.6. The fourth-order valence-electron chi connectivity index (χ4n) is 2.77. The van der Waals surface area contributed by atoms with Crippen LogP contribution in [0.4, 0.5) is 18.9 Å². The van der Waals surface area contributed by atoms with Crippen molar-refractivity contribution in [2.45, 2.75) is 19.0 Å². The molecule has 1 heterocycles. The number of carbonyl (C=O) groups excluding carboxylic acids is 3. The third-order valence-electron chi connectivity index (χ3n) is 4.37. The summed E-state index contributed by atoms with van der Waals surface area (Å²) in [6.07, 6.45) is -4.53. The zero-order valence-corrected chi connectivity index (χ0v) is 15.2. The first-order valence-corrected chi connectivity index (χ1v) is 8.59. The van der Waals surface area contributed by atoms with E-state index in [1.54, 1.807) is 19.1 Å². The van der Waals surface area contributed by atoms with Crippen molar-refractivity contribution in [3.8, 4) is 5.75 Å². The van der Waals surface area contributed by atoms with E-state index in [1.807, 2.05) is 0 Å². The number of hydrogen-bond donors (Lipinski definition) is 1. The van der Waals surface area contributed by atoms with Gasteiger partial charge < -0.3 is 14.8 Å². The Morgan fingerprint density at radius 2 is 1.86 bits per heavy atom. The van der Waals surface area contributed by atoms with E-state index in [9.17, 15) is 27.6 Å². The molecular formula is C20H16F3NO5. The van der Waals surface area contributed by atoms with Gasteiger partial charge in [0.25, 0.3) is 0 Å². The van der Waals surface area contributed by atoms with Gasteiger partial charge in [0.15, 0.2) is 19.0 Å². The minimum atomic E-state index is -4.53. The van der Waals surface area contributed by atoms with Gasteiger partial charge in [0.05, 0.1) is 11.5 Å². The van der Waals surface area contributed by atoms with Crippen LogP contribution in [0.1, 0.15) is 34.3 Å². The van der Waals surface area contributed by atoms with Gasteiger partial charge in [0.2, 0.25) is 5.91 Å². The fraction of sp³-hybridized carbons (Fsp3) is 0.250. The summed E-state index contributed by atoms with van der Waals surface area (Å²) < 4.78 is 47.8. The van der Waals surface area contributed by atoms with Crippen LogP contribution in [0.3, 0.4) is 0 Å². The number of Topliss-reactive ketones (excluding diaryl/α,β-unsaturated/α-hetero) is 1. The minimum absolute atomic E-state index is 0.145. The number of esters is 1. The number of nitrogens with one attached hydrogen (secondary N) is 1. The van der Waals surface area contributed by atoms with E-state index in [-0.39, 0.29) is 23.1 Å². The van der Waals surface area contributed by atoms with Crippen LogP contribution >= 0.6 is 0 Å². The van der Waals surface area contributed by atoms with Crippen LogP contribution in [0.15, 0.2) is 42.5 Å². The first kappa shape index (κ1) is 20.4. The summed E-state index contributed by atoms with van der Waals surface area (Å²) in [6, 6.07) is 8.74. The minimum Gasteiger partial charge on any atom is -0.482 e. The van der Waals surface area contributed by atoms with E-state index in [0.29, 0.717) is 11.3 Å². The molecule has 1 amide bonds. The van der Waals surface area contributed by atoms with Crippen LogP contribution in [-0.4, -0.2) is 30.9 Å². The van der Waals surface area contributed by atoms with Crippen LogP contribution < -0.4 is 10.1 Å². The number of ketones is 1. The molecule has 0 saturated carbocycles. The SMILES string of the molecule is C[C@H]1C(=O)Nc2ccc(C(=O)COC(=O)COc3cccc(C(F)(F)F)c3)cc21. The second-order valence-corrected chi connectivity index (χ2v) is 6.41. The quantitative estimate of drug-likeness (QED) is 0.585. The molecule has 0 spiro atoms. The molecule has 29 heavy (non-hydrogen) atoms. The fourth-order valence-corrected chi connectivity index (χ4v) is 2.77. The molecular weight excluding hydrogens is 391 g/mol. The monoisotopic (exact) mass is 407 g/mol. The van der Waals surface area contributed by atoms with Crippen molar-refractivity contribution in [2.75, 3.05) is 18.5 Å². The van der Waals surface area contributed by atoms with Gasteiger partial charge in [-0.2, -0.15) is 13.2 Å². The van der Waals surface area contributed by atoms with Crippen molar-refractivity contribution < 1.29 is 37.0 Å². The lowest BCUT2D eigenvalue weighted by Crippen LogP contribution is -2.19. The smallest absolute Gasteiger partial charge is 0.416 e. The zero-order valence-electron chi connectivity index (χ0n) is 15.2. The topological polar surface area (TPSA) is 81.7 Å². The first-order valence-electron chi connectivity index (χ1n) is 8.59. The first-order chi connectivity index (χ1) is 13.6. The number of hydrogen-bond acceptors (Lipinski definition) is 5. The molecule has 0 saturated heterocycles. The normalized spacial score (nSPS) is 15.4. The molecule has 0 fully saturated rings. The van der Waals surface area contributed by atoms with Crippen LogP contribution in [0.25, 0.3) is 0 Å². The molecule has 152 valence electrons. The molecule has 1 aliphatic heterocycles. The highest BCUT2D eigenvalue weighted by Gasteiger charge is 2.30. The maximum atomic E-state index is 12.7. The number of anilines is 1. The van der Waals surface area contributed by atoms with Crippen molar-refractivity contribution in [2.24, 2.45) is 0 Å². The van der Waals surface area contributed by atoms with E-state index < -0.39 is 36.7 Å². The molecule has 9 heteroatoms. The second-order valence-electron chi connectivity index (χ2n) is 6.41. The number of fused-ring (bicyclic) bond motifs is 1. The summed E-state index contributed by atoms with van der Waals surface area (Å²) in [7, 11) is 0. The second kappa shape index (κ2) is 7.94. The number of halogens is 3. The molecule has 6 nitrogen and oxygen atoms in total. The van der Waals surface area contributed by atoms with E-state index >= 15 is 0 Å². The highest BCUT2D eigenvalue weighted by Crippen LogP contribution is 2.33. The number of rotatable bonds is 6. The van der Waals surface area contributed by atoms with Gasteiger partial charge in [-0.3, -0.25) is 9.59 Å². The molecule has 0 unspecified atom stereocenters. The van der Waals surface area contributed by atoms with Crippen molar-refractivity contribution in [3.05, 3.63) is 59.2 Å². The van der Waals surface area contributed by atoms with Gasteiger partial charge in [0.1, 0.15) is 5.75 Å². The number of ether oxygens (including phenoxy) is 2. The van der Waals surface area contributed by atoms with Crippen LogP contribution in [0.2, 0.25) is 0 Å². The molecule has 3 rings (SSSR count). The lowest BCUT2D eigenvalue weighted by molar-refractivity contribution is -0.144. The molecule has 0 radical (unpaired) electrons. The Bertz CT molecular complexity index is 971. The number of benzene rings is 2. The van der Waals surface area contributed by atoms with Crippen molar-refractivity contribution in [1.82, 2.24) is 0 Å². The van der Waals surface area contributed by atoms with Gasteiger partial charge in [-0.05, 0) is 48.9 Å². The predicted octanol–water partition coefficient (Wildman–Crippen LogP) is 3.57. The maximum Gasteiger partial charge on any atom is 0.416 e. The molecule has 0 aromatic heterocycles. The highest BCUT2D eigenvalue weighted by atomic mass is 19.4. The summed E-state index contributed by atoms with van der Waals surface area (Å²) in [5, 5.41) is 2.69. The van der Waals surface area contributed by atoms with Crippen LogP contribution in [0, 0.1) is 0 Å². The Hall–Kier alpha value is -3.36. The average molecular weight is 407 g/mol. The summed E-state index contributed by atoms with van der Waals surface area (Å²) >= 11 is 0. The molecule has 0 bridgehead atoms. The van der Waals surface area contributed by atoms with E-state index in [0.717, 1.165) is 18.2 Å². The number of alkyl halides is 3. The van der Waals surface area contributed by atoms with Gasteiger partial charge in [-0.25, -0.2) is 4.79 Å². The Morgan fingerprint density at radius 1 is 1.10 bits per heavy atom. The predicted molar refractivity (Wildman–Crippen MR) is 95.7 cm³/mol. The molecule has 2 aromatic carbocycles. The number of carbonyl (C=O) groups is 3. The van der Waals surface area contributed by atoms with Crippen LogP contribution in [-0.2, 0) is 20.5 Å². The molecule has 1 N–H and O–H groups in total. The maximum absolute atomic E-state index is 12.7. The lowest BCUT2D eigenvalue weighted by Gasteiger charge is -2.10. The Labute approximate surface area is 163 Å². The van der Waals surface area contributed by atoms with Gasteiger partial charge in [0, 0.05) is 11.3 Å². The largest absolute Gasteiger partial charge is 0.482 e. The molecule has 1 atom stereocenters. The van der Waals surface area contributed by atoms with Crippen LogP contribution in [0.5, 0.6) is 5.75 Å². The van der Waals surface area contributed by atoms with E-state index in [4.69, 9.17) is 9.47 Å². The third kappa shape index (κ3) is 4.74. The Morgan fingerprint density at radius 3 is 2.59 bits per heavy atom. The third-order valence-corrected chi connectivity index (χ3v) is 4.37. The molecule has 2 aromatic rings. The average Bonchev–Trinajstić information content (AvgIpc) is 2.97. The van der Waals surface area contributed by atoms with Gasteiger partial charge >= 0.3 is 12.1 Å². The van der Waals surface area contributed by atoms with Crippen molar-refractivity contribution in [1.29, 1.82) is 0 Å². The molecule has 0 aliphatic carbocycles. The Kier molecular flexibility index (Phi) is 5.58. The molecule has 1 aliphatic rings. The van der Waals surface area contributed by atoms with Crippen molar-refractivity contribution in [3.63, 3.8) is 0 Å². The zero-order chi connectivity index (χ0) is 21.2. The number of amides is 1. The highest BCUT2D eigenvalue weighted by molar-refractivity contribution is 6.05. The van der Waals surface area contributed by atoms with Gasteiger partial charge in [-0.1, -0.05) is 6.07 Å². The van der Waals surface area contributed by atoms with Gasteiger partial charge in [-0.15, -0.1) is 0 Å². The standard InChI is InChI=1S/C20H16F3NO5/c1-11-15-7-12(5-6-16(15)24-19(11)27)17(25)9-29-18(26)10-28-14-4-2-3-13(8-14)20(21,22)23/h2-8,11H,9-10H2,1H3,(H,24,27)/t11-/m1/s1. The summed E-state index contributed by atoms with van der Waals surface area (Å²) in [5.41, 5.74) is 0.682. The Balaban J connectivity index is 1.53. The summed E-state index contributed by atoms with van der Waals surface area (Å²) in [6.45, 7) is 0.508. The lowest BCUT2D eigenvalue weighted by atomic mass is 9.99. The summed E-state index contributed by atoms with van der Waals surface area (Å²) in [5.74, 6) is -2.08. The van der Waals surface area contributed by atoms with Crippen molar-refractivity contribution >= 4 is 23.3 Å².